The van der Waals surface area contributed by atoms with Gasteiger partial charge in [-0.2, -0.15) is 0 Å². The highest BCUT2D eigenvalue weighted by Gasteiger charge is 1.97. The van der Waals surface area contributed by atoms with Gasteiger partial charge in [-0.05, 0) is 6.42 Å². The second kappa shape index (κ2) is 11.0. The van der Waals surface area contributed by atoms with E-state index in [0.717, 1.165) is 6.42 Å². The van der Waals surface area contributed by atoms with Crippen LogP contribution in [0.3, 0.4) is 0 Å². The maximum Gasteiger partial charge on any atom is 0.233 e. The second-order valence-electron chi connectivity index (χ2n) is 2.85. The van der Waals surface area contributed by atoms with Gasteiger partial charge in [0.1, 0.15) is 0 Å². The van der Waals surface area contributed by atoms with Crippen LogP contribution in [0.2, 0.25) is 0 Å². The summed E-state index contributed by atoms with van der Waals surface area (Å²) < 4.78 is 5.02. The summed E-state index contributed by atoms with van der Waals surface area (Å²) in [4.78, 5) is 11.1. The fourth-order valence-corrected chi connectivity index (χ4v) is 0.879. The Morgan fingerprint density at radius 2 is 2.27 bits per heavy atom. The van der Waals surface area contributed by atoms with Crippen LogP contribution in [0.15, 0.2) is 0 Å². The molecule has 1 amide bonds. The lowest BCUT2D eigenvalue weighted by atomic mass is 10.4. The zero-order chi connectivity index (χ0) is 11.4. The Labute approximate surface area is 90.2 Å². The number of aliphatic hydroxyl groups excluding tert-OH is 1. The number of hydrogen-bond donors (Lipinski definition) is 3. The number of carbonyl (C=O) groups excluding carboxylic acids is 1. The van der Waals surface area contributed by atoms with Crippen LogP contribution < -0.4 is 10.6 Å². The molecule has 0 unspecified atom stereocenters. The van der Waals surface area contributed by atoms with Crippen LogP contribution in [-0.4, -0.2) is 50.5 Å². The molecule has 0 fully saturated rings. The van der Waals surface area contributed by atoms with Gasteiger partial charge < -0.3 is 15.2 Å². The zero-order valence-electron chi connectivity index (χ0n) is 8.79. The molecule has 15 heavy (non-hydrogen) atoms. The third-order valence-corrected chi connectivity index (χ3v) is 1.54. The van der Waals surface area contributed by atoms with Gasteiger partial charge in [-0.15, -0.1) is 6.42 Å². The van der Waals surface area contributed by atoms with Crippen molar-refractivity contribution in [3.8, 4) is 12.3 Å². The molecule has 0 aromatic carbocycles. The Kier molecular flexibility index (Phi) is 10.2. The van der Waals surface area contributed by atoms with Gasteiger partial charge in [0.25, 0.3) is 0 Å². The molecule has 0 aromatic heterocycles. The third kappa shape index (κ3) is 10.8. The topological polar surface area (TPSA) is 70.6 Å². The number of nitrogens with one attached hydrogen (secondary N) is 2. The Morgan fingerprint density at radius 1 is 1.47 bits per heavy atom. The predicted octanol–water partition coefficient (Wildman–Crippen LogP) is -1.28. The fraction of sp³-hybridized carbons (Fsp3) is 0.700. The van der Waals surface area contributed by atoms with Gasteiger partial charge in [-0.25, -0.2) is 0 Å². The standard InChI is InChI=1S/C10H18N2O3/c1-2-4-11-9-10(14)12-5-3-7-15-8-6-13/h1,11,13H,3-9H2,(H,12,14). The highest BCUT2D eigenvalue weighted by atomic mass is 16.5. The quantitative estimate of drug-likeness (QED) is 0.330. The molecule has 0 aliphatic heterocycles. The van der Waals surface area contributed by atoms with Gasteiger partial charge in [0.05, 0.1) is 26.3 Å². The molecule has 0 atom stereocenters. The number of hydrogen-bond acceptors (Lipinski definition) is 4. The van der Waals surface area contributed by atoms with Crippen molar-refractivity contribution in [2.45, 2.75) is 6.42 Å². The maximum atomic E-state index is 11.1. The predicted molar refractivity (Wildman–Crippen MR) is 57.2 cm³/mol. The highest BCUT2D eigenvalue weighted by Crippen LogP contribution is 1.80. The summed E-state index contributed by atoms with van der Waals surface area (Å²) in [7, 11) is 0. The van der Waals surface area contributed by atoms with Crippen molar-refractivity contribution in [2.75, 3.05) is 39.5 Å². The van der Waals surface area contributed by atoms with Crippen molar-refractivity contribution in [2.24, 2.45) is 0 Å². The number of terminal acetylenes is 1. The molecule has 0 saturated carbocycles. The fourth-order valence-electron chi connectivity index (χ4n) is 0.879. The molecule has 3 N–H and O–H groups in total. The monoisotopic (exact) mass is 214 g/mol. The summed E-state index contributed by atoms with van der Waals surface area (Å²) in [6, 6.07) is 0. The molecule has 0 bridgehead atoms. The third-order valence-electron chi connectivity index (χ3n) is 1.54. The van der Waals surface area contributed by atoms with E-state index in [1.54, 1.807) is 0 Å². The van der Waals surface area contributed by atoms with E-state index >= 15 is 0 Å². The first kappa shape index (κ1) is 13.9. The van der Waals surface area contributed by atoms with E-state index in [0.29, 0.717) is 26.3 Å². The smallest absolute Gasteiger partial charge is 0.233 e. The molecule has 0 rings (SSSR count). The van der Waals surface area contributed by atoms with Gasteiger partial charge in [0.2, 0.25) is 5.91 Å². The van der Waals surface area contributed by atoms with Crippen LogP contribution in [0.4, 0.5) is 0 Å². The molecular weight excluding hydrogens is 196 g/mol. The van der Waals surface area contributed by atoms with E-state index in [2.05, 4.69) is 16.6 Å². The lowest BCUT2D eigenvalue weighted by Crippen LogP contribution is -2.34. The van der Waals surface area contributed by atoms with E-state index in [1.807, 2.05) is 0 Å². The van der Waals surface area contributed by atoms with E-state index in [4.69, 9.17) is 16.3 Å². The van der Waals surface area contributed by atoms with Crippen LogP contribution in [0.25, 0.3) is 0 Å². The van der Waals surface area contributed by atoms with Crippen molar-refractivity contribution in [1.29, 1.82) is 0 Å². The summed E-state index contributed by atoms with van der Waals surface area (Å²) in [5.74, 6) is 2.30. The first-order chi connectivity index (χ1) is 7.31. The maximum absolute atomic E-state index is 11.1. The molecule has 86 valence electrons. The average molecular weight is 214 g/mol. The van der Waals surface area contributed by atoms with Crippen LogP contribution in [-0.2, 0) is 9.53 Å². The first-order valence-electron chi connectivity index (χ1n) is 4.90. The number of carbonyl (C=O) groups is 1. The van der Waals surface area contributed by atoms with E-state index in [9.17, 15) is 4.79 Å². The van der Waals surface area contributed by atoms with E-state index in [-0.39, 0.29) is 19.1 Å². The molecule has 0 saturated heterocycles. The van der Waals surface area contributed by atoms with Crippen molar-refractivity contribution in [1.82, 2.24) is 10.6 Å². The normalized spacial score (nSPS) is 9.60. The number of rotatable bonds is 9. The van der Waals surface area contributed by atoms with Gasteiger partial charge in [-0.3, -0.25) is 10.1 Å². The minimum absolute atomic E-state index is 0.0301. The van der Waals surface area contributed by atoms with Crippen LogP contribution >= 0.6 is 0 Å². The summed E-state index contributed by atoms with van der Waals surface area (Å²) in [6.45, 7) is 2.12. The van der Waals surface area contributed by atoms with E-state index in [1.165, 1.54) is 0 Å². The molecular formula is C10H18N2O3. The second-order valence-corrected chi connectivity index (χ2v) is 2.85. The average Bonchev–Trinajstić information content (AvgIpc) is 2.23. The van der Waals surface area contributed by atoms with Crippen molar-refractivity contribution in [3.05, 3.63) is 0 Å². The summed E-state index contributed by atoms with van der Waals surface area (Å²) in [5, 5.41) is 13.9. The number of amides is 1. The lowest BCUT2D eigenvalue weighted by Gasteiger charge is -2.05. The summed E-state index contributed by atoms with van der Waals surface area (Å²) in [6.07, 6.45) is 5.74. The molecule has 0 heterocycles. The van der Waals surface area contributed by atoms with Crippen molar-refractivity contribution < 1.29 is 14.6 Å². The minimum Gasteiger partial charge on any atom is -0.394 e. The van der Waals surface area contributed by atoms with Crippen LogP contribution in [0.5, 0.6) is 0 Å². The molecule has 0 aliphatic rings. The number of aliphatic hydroxyl groups is 1. The minimum atomic E-state index is -0.0765. The molecule has 0 aromatic rings. The molecule has 5 heteroatoms. The largest absolute Gasteiger partial charge is 0.394 e. The van der Waals surface area contributed by atoms with Gasteiger partial charge >= 0.3 is 0 Å². The van der Waals surface area contributed by atoms with Gasteiger partial charge in [0.15, 0.2) is 0 Å². The Hall–Kier alpha value is -1.09. The Morgan fingerprint density at radius 3 is 2.93 bits per heavy atom. The van der Waals surface area contributed by atoms with Crippen molar-refractivity contribution in [3.63, 3.8) is 0 Å². The van der Waals surface area contributed by atoms with Gasteiger partial charge in [-0.1, -0.05) is 5.92 Å². The first-order valence-corrected chi connectivity index (χ1v) is 4.90. The van der Waals surface area contributed by atoms with Crippen molar-refractivity contribution >= 4 is 5.91 Å². The lowest BCUT2D eigenvalue weighted by molar-refractivity contribution is -0.120. The zero-order valence-corrected chi connectivity index (χ0v) is 8.79. The number of ether oxygens (including phenoxy) is 1. The van der Waals surface area contributed by atoms with Crippen LogP contribution in [0.1, 0.15) is 6.42 Å². The van der Waals surface area contributed by atoms with E-state index < -0.39 is 0 Å². The Bertz CT molecular complexity index is 201. The highest BCUT2D eigenvalue weighted by molar-refractivity contribution is 5.77. The van der Waals surface area contributed by atoms with Crippen LogP contribution in [0, 0.1) is 12.3 Å². The Balaban J connectivity index is 3.14. The molecule has 5 nitrogen and oxygen atoms in total. The molecule has 0 aliphatic carbocycles. The molecule has 0 spiro atoms. The summed E-state index contributed by atoms with van der Waals surface area (Å²) >= 11 is 0. The molecule has 0 radical (unpaired) electrons. The summed E-state index contributed by atoms with van der Waals surface area (Å²) in [5.41, 5.74) is 0. The van der Waals surface area contributed by atoms with Gasteiger partial charge in [0, 0.05) is 13.2 Å². The SMILES string of the molecule is C#CCNCC(=O)NCCCOCCO.